The van der Waals surface area contributed by atoms with E-state index in [1.807, 2.05) is 0 Å². The Labute approximate surface area is 127 Å². The highest BCUT2D eigenvalue weighted by Gasteiger charge is 2.16. The molecule has 2 aromatic rings. The Bertz CT molecular complexity index is 771. The third kappa shape index (κ3) is 4.09. The molecular formula is C12H15N5O4S. The summed E-state index contributed by atoms with van der Waals surface area (Å²) in [5.41, 5.74) is -0.180. The molecule has 2 aromatic heterocycles. The molecule has 0 bridgehead atoms. The summed E-state index contributed by atoms with van der Waals surface area (Å²) in [7, 11) is -2.04. The monoisotopic (exact) mass is 325 g/mol. The number of aryl methyl sites for hydroxylation is 2. The average Bonchev–Trinajstić information content (AvgIpc) is 2.89. The molecular weight excluding hydrogens is 310 g/mol. The number of hydrogen-bond acceptors (Lipinski definition) is 6. The fourth-order valence-electron chi connectivity index (χ4n) is 1.72. The zero-order valence-electron chi connectivity index (χ0n) is 11.8. The van der Waals surface area contributed by atoms with Gasteiger partial charge in [0.15, 0.2) is 5.82 Å². The van der Waals surface area contributed by atoms with Gasteiger partial charge >= 0.3 is 5.97 Å². The van der Waals surface area contributed by atoms with Crippen molar-refractivity contribution in [2.45, 2.75) is 17.7 Å². The Morgan fingerprint density at radius 2 is 2.18 bits per heavy atom. The number of nitrogens with zero attached hydrogens (tertiary/aromatic N) is 4. The molecule has 0 amide bonds. The summed E-state index contributed by atoms with van der Waals surface area (Å²) in [6.45, 7) is 0.192. The third-order valence-electron chi connectivity index (χ3n) is 2.79. The maximum absolute atomic E-state index is 12.0. The number of rotatable bonds is 7. The van der Waals surface area contributed by atoms with Gasteiger partial charge in [-0.25, -0.2) is 22.9 Å². The number of nitrogens with one attached hydrogen (secondary N) is 1. The summed E-state index contributed by atoms with van der Waals surface area (Å²) in [6.07, 6.45) is 4.83. The van der Waals surface area contributed by atoms with Gasteiger partial charge in [-0.05, 0) is 12.5 Å². The molecule has 0 aromatic carbocycles. The van der Waals surface area contributed by atoms with Crippen molar-refractivity contribution in [2.75, 3.05) is 6.54 Å². The van der Waals surface area contributed by atoms with Gasteiger partial charge in [-0.1, -0.05) is 0 Å². The molecule has 10 heteroatoms. The van der Waals surface area contributed by atoms with Crippen molar-refractivity contribution in [3.63, 3.8) is 0 Å². The number of carboxylic acids is 1. The van der Waals surface area contributed by atoms with E-state index in [0.29, 0.717) is 18.7 Å². The second-order valence-corrected chi connectivity index (χ2v) is 6.32. The van der Waals surface area contributed by atoms with Gasteiger partial charge in [0.25, 0.3) is 0 Å². The van der Waals surface area contributed by atoms with Crippen molar-refractivity contribution in [3.8, 4) is 0 Å². The lowest BCUT2D eigenvalue weighted by Crippen LogP contribution is -2.25. The van der Waals surface area contributed by atoms with Crippen molar-refractivity contribution >= 4 is 16.0 Å². The van der Waals surface area contributed by atoms with E-state index in [0.717, 1.165) is 18.5 Å². The van der Waals surface area contributed by atoms with Gasteiger partial charge in [-0.3, -0.25) is 9.67 Å². The summed E-state index contributed by atoms with van der Waals surface area (Å²) in [5, 5.41) is 12.9. The third-order valence-corrected chi connectivity index (χ3v) is 4.21. The van der Waals surface area contributed by atoms with Crippen LogP contribution in [0.3, 0.4) is 0 Å². The van der Waals surface area contributed by atoms with Crippen molar-refractivity contribution < 1.29 is 18.3 Å². The number of pyridine rings is 1. The second-order valence-electron chi connectivity index (χ2n) is 4.55. The molecule has 0 aliphatic rings. The average molecular weight is 325 g/mol. The summed E-state index contributed by atoms with van der Waals surface area (Å²) in [4.78, 5) is 18.3. The van der Waals surface area contributed by atoms with Crippen molar-refractivity contribution in [3.05, 3.63) is 36.2 Å². The zero-order chi connectivity index (χ0) is 16.2. The SMILES string of the molecule is Cn1cnc(CCCNS(=O)(=O)c2cncc(C(=O)O)c2)n1. The number of hydrogen-bond donors (Lipinski definition) is 2. The van der Waals surface area contributed by atoms with E-state index < -0.39 is 16.0 Å². The van der Waals surface area contributed by atoms with Gasteiger partial charge in [0, 0.05) is 32.4 Å². The first-order valence-corrected chi connectivity index (χ1v) is 7.89. The number of sulfonamides is 1. The second kappa shape index (κ2) is 6.62. The van der Waals surface area contributed by atoms with Gasteiger partial charge in [-0.2, -0.15) is 5.10 Å². The van der Waals surface area contributed by atoms with Crippen LogP contribution in [0.15, 0.2) is 29.7 Å². The molecule has 0 atom stereocenters. The Kier molecular flexibility index (Phi) is 4.83. The van der Waals surface area contributed by atoms with Crippen LogP contribution >= 0.6 is 0 Å². The predicted octanol–water partition coefficient (Wildman–Crippen LogP) is -0.181. The minimum Gasteiger partial charge on any atom is -0.478 e. The molecule has 0 unspecified atom stereocenters. The minimum absolute atomic E-state index is 0.177. The van der Waals surface area contributed by atoms with E-state index in [2.05, 4.69) is 19.8 Å². The Hall–Kier alpha value is -2.33. The van der Waals surface area contributed by atoms with Gasteiger partial charge in [0.05, 0.1) is 5.56 Å². The highest BCUT2D eigenvalue weighted by molar-refractivity contribution is 7.89. The zero-order valence-corrected chi connectivity index (χ0v) is 12.6. The Morgan fingerprint density at radius 3 is 2.82 bits per heavy atom. The van der Waals surface area contributed by atoms with Crippen LogP contribution in [0, 0.1) is 0 Å². The van der Waals surface area contributed by atoms with Gasteiger partial charge in [0.1, 0.15) is 11.2 Å². The van der Waals surface area contributed by atoms with Crippen LogP contribution in [0.1, 0.15) is 22.6 Å². The predicted molar refractivity (Wildman–Crippen MR) is 75.7 cm³/mol. The van der Waals surface area contributed by atoms with E-state index >= 15 is 0 Å². The van der Waals surface area contributed by atoms with Crippen molar-refractivity contribution in [1.29, 1.82) is 0 Å². The summed E-state index contributed by atoms with van der Waals surface area (Å²) in [6, 6.07) is 1.07. The number of aromatic nitrogens is 4. The topological polar surface area (TPSA) is 127 Å². The molecule has 118 valence electrons. The summed E-state index contributed by atoms with van der Waals surface area (Å²) >= 11 is 0. The van der Waals surface area contributed by atoms with E-state index in [-0.39, 0.29) is 17.0 Å². The lowest BCUT2D eigenvalue weighted by molar-refractivity contribution is 0.0696. The van der Waals surface area contributed by atoms with Crippen LogP contribution < -0.4 is 4.72 Å². The standard InChI is InChI=1S/C12H15N5O4S/c1-17-8-14-11(16-17)3-2-4-15-22(20,21)10-5-9(12(18)19)6-13-7-10/h5-8,15H,2-4H2,1H3,(H,18,19). The molecule has 9 nitrogen and oxygen atoms in total. The van der Waals surface area contributed by atoms with E-state index in [4.69, 9.17) is 5.11 Å². The normalized spacial score (nSPS) is 11.5. The highest BCUT2D eigenvalue weighted by Crippen LogP contribution is 2.09. The van der Waals surface area contributed by atoms with Crippen molar-refractivity contribution in [2.24, 2.45) is 7.05 Å². The van der Waals surface area contributed by atoms with Crippen molar-refractivity contribution in [1.82, 2.24) is 24.5 Å². The lowest BCUT2D eigenvalue weighted by Gasteiger charge is -2.06. The number of aromatic carboxylic acids is 1. The molecule has 0 saturated heterocycles. The largest absolute Gasteiger partial charge is 0.478 e. The molecule has 2 N–H and O–H groups in total. The molecule has 22 heavy (non-hydrogen) atoms. The first-order chi connectivity index (χ1) is 10.4. The fourth-order valence-corrected chi connectivity index (χ4v) is 2.78. The Balaban J connectivity index is 1.93. The molecule has 2 rings (SSSR count). The molecule has 0 aliphatic carbocycles. The van der Waals surface area contributed by atoms with Gasteiger partial charge < -0.3 is 5.11 Å². The van der Waals surface area contributed by atoms with E-state index in [1.165, 1.54) is 0 Å². The lowest BCUT2D eigenvalue weighted by atomic mass is 10.3. The van der Waals surface area contributed by atoms with Crippen LogP contribution in [0.25, 0.3) is 0 Å². The summed E-state index contributed by atoms with van der Waals surface area (Å²) < 4.78 is 28.1. The fraction of sp³-hybridized carbons (Fsp3) is 0.333. The van der Waals surface area contributed by atoms with E-state index in [9.17, 15) is 13.2 Å². The molecule has 0 fully saturated rings. The maximum Gasteiger partial charge on any atom is 0.337 e. The van der Waals surface area contributed by atoms with Crippen LogP contribution in [-0.4, -0.2) is 45.8 Å². The number of carboxylic acid groups (broad SMARTS) is 1. The Morgan fingerprint density at radius 1 is 1.41 bits per heavy atom. The molecule has 0 spiro atoms. The minimum atomic E-state index is -3.79. The van der Waals surface area contributed by atoms with Gasteiger partial charge in [0.2, 0.25) is 10.0 Å². The first kappa shape index (κ1) is 16.0. The molecule has 0 radical (unpaired) electrons. The maximum atomic E-state index is 12.0. The number of carbonyl (C=O) groups is 1. The molecule has 0 aliphatic heterocycles. The quantitative estimate of drug-likeness (QED) is 0.676. The molecule has 0 saturated carbocycles. The van der Waals surface area contributed by atoms with Crippen LogP contribution in [0.2, 0.25) is 0 Å². The molecule has 2 heterocycles. The van der Waals surface area contributed by atoms with Crippen LogP contribution in [0.5, 0.6) is 0 Å². The van der Waals surface area contributed by atoms with Gasteiger partial charge in [-0.15, -0.1) is 0 Å². The van der Waals surface area contributed by atoms with E-state index in [1.54, 1.807) is 18.1 Å². The van der Waals surface area contributed by atoms with Crippen LogP contribution in [-0.2, 0) is 23.5 Å². The first-order valence-electron chi connectivity index (χ1n) is 6.41. The highest BCUT2D eigenvalue weighted by atomic mass is 32.2. The van der Waals surface area contributed by atoms with Crippen LogP contribution in [0.4, 0.5) is 0 Å². The summed E-state index contributed by atoms with van der Waals surface area (Å²) in [5.74, 6) is -0.595. The smallest absolute Gasteiger partial charge is 0.337 e.